The monoisotopic (exact) mass is 279 g/mol. The van der Waals surface area contributed by atoms with Crippen LogP contribution in [0, 0.1) is 0 Å². The van der Waals surface area contributed by atoms with E-state index in [0.717, 1.165) is 0 Å². The first kappa shape index (κ1) is 14.7. The highest BCUT2D eigenvalue weighted by atomic mass is 16.6. The number of rotatable bonds is 3. The molecule has 0 spiro atoms. The molecule has 1 aliphatic rings. The highest BCUT2D eigenvalue weighted by Gasteiger charge is 2.28. The van der Waals surface area contributed by atoms with Crippen LogP contribution in [0.4, 0.5) is 5.69 Å². The molecule has 110 valence electrons. The van der Waals surface area contributed by atoms with Crippen molar-refractivity contribution >= 4 is 11.7 Å². The second kappa shape index (κ2) is 6.13. The maximum absolute atomic E-state index is 12.3. The van der Waals surface area contributed by atoms with Gasteiger partial charge in [-0.25, -0.2) is 4.79 Å². The Balaban J connectivity index is 2.10. The third-order valence-electron chi connectivity index (χ3n) is 3.40. The van der Waals surface area contributed by atoms with Crippen molar-refractivity contribution in [2.45, 2.75) is 45.0 Å². The van der Waals surface area contributed by atoms with Crippen LogP contribution in [0.5, 0.6) is 5.75 Å². The van der Waals surface area contributed by atoms with Gasteiger partial charge in [0.05, 0.1) is 25.0 Å². The number of carbonyl (C=O) groups is 1. The number of nitrogen functional groups attached to an aromatic ring is 1. The summed E-state index contributed by atoms with van der Waals surface area (Å²) >= 11 is 0. The van der Waals surface area contributed by atoms with Gasteiger partial charge >= 0.3 is 5.97 Å². The molecule has 5 nitrogen and oxygen atoms in total. The standard InChI is InChI=1S/C15H21NO4/c1-9-7-11(8-10(2)19-9)20-15(17)12-5-4-6-13(16)14(12)18-3/h4-6,9-11H,7-8,16H2,1-3H3. The molecule has 1 fully saturated rings. The maximum atomic E-state index is 12.3. The van der Waals surface area contributed by atoms with E-state index in [-0.39, 0.29) is 18.3 Å². The van der Waals surface area contributed by atoms with Crippen LogP contribution in [0.15, 0.2) is 18.2 Å². The van der Waals surface area contributed by atoms with Crippen molar-refractivity contribution in [1.82, 2.24) is 0 Å². The Kier molecular flexibility index (Phi) is 4.49. The average Bonchev–Trinajstić information content (AvgIpc) is 2.37. The van der Waals surface area contributed by atoms with E-state index >= 15 is 0 Å². The van der Waals surface area contributed by atoms with Crippen LogP contribution in [0.1, 0.15) is 37.0 Å². The number of nitrogens with two attached hydrogens (primary N) is 1. The lowest BCUT2D eigenvalue weighted by molar-refractivity contribution is -0.0855. The summed E-state index contributed by atoms with van der Waals surface area (Å²) in [6.07, 6.45) is 1.48. The Morgan fingerprint density at radius 3 is 2.55 bits per heavy atom. The highest BCUT2D eigenvalue weighted by molar-refractivity contribution is 5.94. The normalized spacial score (nSPS) is 26.1. The number of carbonyl (C=O) groups excluding carboxylic acids is 1. The molecule has 2 atom stereocenters. The fourth-order valence-electron chi connectivity index (χ4n) is 2.60. The molecule has 1 heterocycles. The van der Waals surface area contributed by atoms with Crippen molar-refractivity contribution in [1.29, 1.82) is 0 Å². The first-order chi connectivity index (χ1) is 9.51. The lowest BCUT2D eigenvalue weighted by Gasteiger charge is -2.31. The van der Waals surface area contributed by atoms with Crippen molar-refractivity contribution in [3.63, 3.8) is 0 Å². The minimum atomic E-state index is -0.402. The average molecular weight is 279 g/mol. The van der Waals surface area contributed by atoms with Gasteiger partial charge in [-0.3, -0.25) is 0 Å². The SMILES string of the molecule is COc1c(N)cccc1C(=O)OC1CC(C)OC(C)C1. The zero-order valence-corrected chi connectivity index (χ0v) is 12.1. The van der Waals surface area contributed by atoms with Gasteiger partial charge in [0.1, 0.15) is 11.7 Å². The quantitative estimate of drug-likeness (QED) is 0.679. The second-order valence-corrected chi connectivity index (χ2v) is 5.18. The third kappa shape index (κ3) is 3.22. The molecule has 1 aromatic carbocycles. The summed E-state index contributed by atoms with van der Waals surface area (Å²) in [5.41, 5.74) is 6.58. The van der Waals surface area contributed by atoms with E-state index in [1.807, 2.05) is 13.8 Å². The zero-order chi connectivity index (χ0) is 14.7. The molecular formula is C15H21NO4. The smallest absolute Gasteiger partial charge is 0.342 e. The molecule has 0 aliphatic carbocycles. The van der Waals surface area contributed by atoms with Gasteiger partial charge in [-0.1, -0.05) is 6.07 Å². The summed E-state index contributed by atoms with van der Waals surface area (Å²) in [5, 5.41) is 0. The molecule has 0 radical (unpaired) electrons. The summed E-state index contributed by atoms with van der Waals surface area (Å²) in [5.74, 6) is -0.0360. The maximum Gasteiger partial charge on any atom is 0.342 e. The molecule has 0 amide bonds. The minimum Gasteiger partial charge on any atom is -0.494 e. The van der Waals surface area contributed by atoms with Gasteiger partial charge in [0.25, 0.3) is 0 Å². The van der Waals surface area contributed by atoms with Crippen LogP contribution in [0.25, 0.3) is 0 Å². The van der Waals surface area contributed by atoms with Gasteiger partial charge in [0, 0.05) is 12.8 Å². The molecule has 5 heteroatoms. The molecule has 0 aromatic heterocycles. The van der Waals surface area contributed by atoms with E-state index in [1.165, 1.54) is 7.11 Å². The Bertz CT molecular complexity index is 479. The van der Waals surface area contributed by atoms with Crippen LogP contribution in [0.3, 0.4) is 0 Å². The summed E-state index contributed by atoms with van der Waals surface area (Å²) < 4.78 is 16.4. The largest absolute Gasteiger partial charge is 0.494 e. The van der Waals surface area contributed by atoms with E-state index in [2.05, 4.69) is 0 Å². The molecule has 0 bridgehead atoms. The van der Waals surface area contributed by atoms with Crippen LogP contribution in [0.2, 0.25) is 0 Å². The van der Waals surface area contributed by atoms with Crippen molar-refractivity contribution in [3.05, 3.63) is 23.8 Å². The number of hydrogen-bond acceptors (Lipinski definition) is 5. The number of anilines is 1. The van der Waals surface area contributed by atoms with Gasteiger partial charge < -0.3 is 19.9 Å². The van der Waals surface area contributed by atoms with Crippen molar-refractivity contribution in [2.75, 3.05) is 12.8 Å². The number of methoxy groups -OCH3 is 1. The topological polar surface area (TPSA) is 70.8 Å². The summed E-state index contributed by atoms with van der Waals surface area (Å²) in [6, 6.07) is 5.06. The Morgan fingerprint density at radius 1 is 1.30 bits per heavy atom. The number of ether oxygens (including phenoxy) is 3. The second-order valence-electron chi connectivity index (χ2n) is 5.18. The summed E-state index contributed by atoms with van der Waals surface area (Å²) in [4.78, 5) is 12.3. The van der Waals surface area contributed by atoms with Crippen molar-refractivity contribution in [2.24, 2.45) is 0 Å². The van der Waals surface area contributed by atoms with Gasteiger partial charge in [0.2, 0.25) is 0 Å². The highest BCUT2D eigenvalue weighted by Crippen LogP contribution is 2.28. The lowest BCUT2D eigenvalue weighted by atomic mass is 10.0. The van der Waals surface area contributed by atoms with Gasteiger partial charge in [-0.15, -0.1) is 0 Å². The first-order valence-corrected chi connectivity index (χ1v) is 6.80. The molecule has 1 aliphatic heterocycles. The third-order valence-corrected chi connectivity index (χ3v) is 3.40. The number of esters is 1. The van der Waals surface area contributed by atoms with Crippen molar-refractivity contribution in [3.8, 4) is 5.75 Å². The molecule has 2 unspecified atom stereocenters. The van der Waals surface area contributed by atoms with Crippen LogP contribution in [-0.2, 0) is 9.47 Å². The molecule has 20 heavy (non-hydrogen) atoms. The van der Waals surface area contributed by atoms with Crippen LogP contribution in [-0.4, -0.2) is 31.4 Å². The van der Waals surface area contributed by atoms with Gasteiger partial charge in [0.15, 0.2) is 5.75 Å². The Morgan fingerprint density at radius 2 is 1.95 bits per heavy atom. The van der Waals surface area contributed by atoms with Gasteiger partial charge in [-0.05, 0) is 26.0 Å². The molecule has 2 N–H and O–H groups in total. The number of benzene rings is 1. The fraction of sp³-hybridized carbons (Fsp3) is 0.533. The first-order valence-electron chi connectivity index (χ1n) is 6.80. The Hall–Kier alpha value is -1.75. The van der Waals surface area contributed by atoms with E-state index in [0.29, 0.717) is 29.8 Å². The van der Waals surface area contributed by atoms with E-state index in [9.17, 15) is 4.79 Å². The van der Waals surface area contributed by atoms with E-state index in [4.69, 9.17) is 19.9 Å². The molecular weight excluding hydrogens is 258 g/mol. The van der Waals surface area contributed by atoms with E-state index in [1.54, 1.807) is 18.2 Å². The van der Waals surface area contributed by atoms with Gasteiger partial charge in [-0.2, -0.15) is 0 Å². The predicted molar refractivity (Wildman–Crippen MR) is 75.9 cm³/mol. The van der Waals surface area contributed by atoms with Crippen LogP contribution < -0.4 is 10.5 Å². The lowest BCUT2D eigenvalue weighted by Crippen LogP contribution is -2.35. The van der Waals surface area contributed by atoms with Crippen molar-refractivity contribution < 1.29 is 19.0 Å². The number of para-hydroxylation sites is 1. The number of hydrogen-bond donors (Lipinski definition) is 1. The molecule has 1 saturated heterocycles. The predicted octanol–water partition coefficient (Wildman–Crippen LogP) is 2.39. The molecule has 1 aromatic rings. The van der Waals surface area contributed by atoms with E-state index < -0.39 is 5.97 Å². The minimum absolute atomic E-state index is 0.0966. The van der Waals surface area contributed by atoms with Crippen LogP contribution >= 0.6 is 0 Å². The summed E-state index contributed by atoms with van der Waals surface area (Å²) in [6.45, 7) is 3.97. The zero-order valence-electron chi connectivity index (χ0n) is 12.1. The molecule has 0 saturated carbocycles. The summed E-state index contributed by atoms with van der Waals surface area (Å²) in [7, 11) is 1.49. The Labute approximate surface area is 119 Å². The fourth-order valence-corrected chi connectivity index (χ4v) is 2.60. The molecule has 2 rings (SSSR count).